The number of fused-ring (bicyclic) bond motifs is 1. The molecule has 0 aliphatic carbocycles. The zero-order chi connectivity index (χ0) is 18.3. The Bertz CT molecular complexity index is 452. The fourth-order valence-electron chi connectivity index (χ4n) is 3.13. The van der Waals surface area contributed by atoms with E-state index < -0.39 is 75.1 Å². The van der Waals surface area contributed by atoms with E-state index in [1.54, 1.807) is 6.82 Å². The maximum Gasteiger partial charge on any atom is 0.455 e. The van der Waals surface area contributed by atoms with Gasteiger partial charge >= 0.3 is 7.12 Å². The first-order valence-corrected chi connectivity index (χ1v) is 8.08. The zero-order valence-electron chi connectivity index (χ0n) is 13.5. The fourth-order valence-corrected chi connectivity index (χ4v) is 3.13. The van der Waals surface area contributed by atoms with Gasteiger partial charge in [-0.05, 0) is 6.82 Å². The Morgan fingerprint density at radius 3 is 2.20 bits per heavy atom. The lowest BCUT2D eigenvalue weighted by Gasteiger charge is -2.42. The molecule has 3 heterocycles. The van der Waals surface area contributed by atoms with Crippen LogP contribution in [-0.4, -0.2) is 112 Å². The molecule has 12 heteroatoms. The molecule has 25 heavy (non-hydrogen) atoms. The van der Waals surface area contributed by atoms with Crippen LogP contribution in [0.3, 0.4) is 0 Å². The molecule has 0 spiro atoms. The second-order valence-electron chi connectivity index (χ2n) is 6.36. The Balaban J connectivity index is 1.59. The number of hydrogen-bond acceptors (Lipinski definition) is 11. The lowest BCUT2D eigenvalue weighted by molar-refractivity contribution is -0.317. The summed E-state index contributed by atoms with van der Waals surface area (Å²) in [7, 11) is -0.595. The van der Waals surface area contributed by atoms with Crippen LogP contribution in [0.4, 0.5) is 0 Å². The first-order valence-electron chi connectivity index (χ1n) is 8.08. The Morgan fingerprint density at radius 2 is 1.52 bits per heavy atom. The van der Waals surface area contributed by atoms with E-state index in [0.717, 1.165) is 0 Å². The van der Waals surface area contributed by atoms with Gasteiger partial charge in [-0.25, -0.2) is 0 Å². The van der Waals surface area contributed by atoms with Crippen LogP contribution in [0.15, 0.2) is 0 Å². The number of aliphatic hydroxyl groups excluding tert-OH is 6. The van der Waals surface area contributed by atoms with Crippen molar-refractivity contribution in [2.45, 2.75) is 68.2 Å². The summed E-state index contributed by atoms with van der Waals surface area (Å²) in [5.74, 6) is 0. The molecule has 144 valence electrons. The maximum atomic E-state index is 10.1. The van der Waals surface area contributed by atoms with Crippen molar-refractivity contribution >= 4 is 7.12 Å². The van der Waals surface area contributed by atoms with Crippen LogP contribution in [0.2, 0.25) is 6.82 Å². The van der Waals surface area contributed by atoms with Gasteiger partial charge in [0.25, 0.3) is 0 Å². The standard InChI is InChI=1S/C13H23BO11/c1-14-24-11-9(19)7(17)5(23-13(11)25-14)3-21-12-10(20)8(18)6(16)4(2-15)22-12/h4-13,15-20H,2-3H2,1H3/t4-,5-,6-,7-,8+,9+,10-,11?,12-,13?/m1/s1. The molecule has 0 radical (unpaired) electrons. The predicted octanol–water partition coefficient (Wildman–Crippen LogP) is -4.22. The van der Waals surface area contributed by atoms with Gasteiger partial charge in [-0.1, -0.05) is 0 Å². The topological polar surface area (TPSA) is 168 Å². The second kappa shape index (κ2) is 7.70. The summed E-state index contributed by atoms with van der Waals surface area (Å²) < 4.78 is 26.7. The number of ether oxygens (including phenoxy) is 3. The normalized spacial score (nSPS) is 50.8. The summed E-state index contributed by atoms with van der Waals surface area (Å²) in [4.78, 5) is 0. The molecule has 10 atom stereocenters. The second-order valence-corrected chi connectivity index (χ2v) is 6.36. The van der Waals surface area contributed by atoms with Crippen molar-refractivity contribution in [1.82, 2.24) is 0 Å². The van der Waals surface area contributed by atoms with Crippen molar-refractivity contribution in [3.8, 4) is 0 Å². The van der Waals surface area contributed by atoms with Gasteiger partial charge in [-0.15, -0.1) is 0 Å². The van der Waals surface area contributed by atoms with Crippen LogP contribution in [-0.2, 0) is 23.5 Å². The third-order valence-electron chi connectivity index (χ3n) is 4.59. The highest BCUT2D eigenvalue weighted by molar-refractivity contribution is 6.43. The molecule has 3 saturated heterocycles. The third kappa shape index (κ3) is 3.70. The van der Waals surface area contributed by atoms with Gasteiger partial charge in [0.2, 0.25) is 0 Å². The van der Waals surface area contributed by atoms with Crippen LogP contribution >= 0.6 is 0 Å². The molecule has 3 aliphatic heterocycles. The summed E-state index contributed by atoms with van der Waals surface area (Å²) >= 11 is 0. The van der Waals surface area contributed by atoms with Gasteiger partial charge in [0.05, 0.1) is 13.2 Å². The smallest absolute Gasteiger partial charge is 0.401 e. The molecule has 11 nitrogen and oxygen atoms in total. The first kappa shape index (κ1) is 19.4. The molecule has 3 rings (SSSR count). The summed E-state index contributed by atoms with van der Waals surface area (Å²) in [6.07, 6.45) is -12.4. The van der Waals surface area contributed by atoms with E-state index in [4.69, 9.17) is 28.6 Å². The molecule has 3 aliphatic rings. The van der Waals surface area contributed by atoms with Crippen molar-refractivity contribution in [2.24, 2.45) is 0 Å². The molecule has 0 aromatic rings. The first-order chi connectivity index (χ1) is 11.8. The fraction of sp³-hybridized carbons (Fsp3) is 1.00. The van der Waals surface area contributed by atoms with E-state index in [1.165, 1.54) is 0 Å². The van der Waals surface area contributed by atoms with E-state index in [2.05, 4.69) is 0 Å². The Hall–Kier alpha value is -0.375. The minimum Gasteiger partial charge on any atom is -0.401 e. The Kier molecular flexibility index (Phi) is 5.97. The predicted molar refractivity (Wildman–Crippen MR) is 78.0 cm³/mol. The van der Waals surface area contributed by atoms with Crippen molar-refractivity contribution < 1.29 is 54.2 Å². The quantitative estimate of drug-likeness (QED) is 0.267. The van der Waals surface area contributed by atoms with Crippen LogP contribution in [0.5, 0.6) is 0 Å². The van der Waals surface area contributed by atoms with Crippen LogP contribution in [0.25, 0.3) is 0 Å². The van der Waals surface area contributed by atoms with Gasteiger partial charge in [-0.3, -0.25) is 0 Å². The SMILES string of the molecule is CB1OC2O[C@H](CO[C@@H]3O[C@H](CO)[C@@H](O)[C@H](O)[C@H]3O)[C@@H](O)[C@H](O)C2O1. The van der Waals surface area contributed by atoms with E-state index in [9.17, 15) is 25.5 Å². The number of hydrogen-bond donors (Lipinski definition) is 6. The number of rotatable bonds is 4. The zero-order valence-corrected chi connectivity index (χ0v) is 13.5. The van der Waals surface area contributed by atoms with Crippen LogP contribution in [0.1, 0.15) is 0 Å². The van der Waals surface area contributed by atoms with Gasteiger partial charge in [0, 0.05) is 0 Å². The Morgan fingerprint density at radius 1 is 0.840 bits per heavy atom. The highest BCUT2D eigenvalue weighted by Gasteiger charge is 2.52. The molecular formula is C13H23BO11. The van der Waals surface area contributed by atoms with Gasteiger partial charge in [0.15, 0.2) is 12.6 Å². The van der Waals surface area contributed by atoms with Crippen molar-refractivity contribution in [3.63, 3.8) is 0 Å². The van der Waals surface area contributed by atoms with Crippen molar-refractivity contribution in [3.05, 3.63) is 0 Å². The summed E-state index contributed by atoms with van der Waals surface area (Å²) in [5, 5.41) is 58.7. The summed E-state index contributed by atoms with van der Waals surface area (Å²) in [5.41, 5.74) is 0. The van der Waals surface area contributed by atoms with Crippen LogP contribution < -0.4 is 0 Å². The largest absolute Gasteiger partial charge is 0.455 e. The highest BCUT2D eigenvalue weighted by Crippen LogP contribution is 2.31. The monoisotopic (exact) mass is 366 g/mol. The highest BCUT2D eigenvalue weighted by atomic mass is 16.8. The maximum absolute atomic E-state index is 10.1. The average molecular weight is 366 g/mol. The van der Waals surface area contributed by atoms with E-state index in [1.807, 2.05) is 0 Å². The molecule has 2 unspecified atom stereocenters. The van der Waals surface area contributed by atoms with Crippen LogP contribution in [0, 0.1) is 0 Å². The van der Waals surface area contributed by atoms with Crippen molar-refractivity contribution in [2.75, 3.05) is 13.2 Å². The minimum absolute atomic E-state index is 0.304. The lowest BCUT2D eigenvalue weighted by atomic mass is 9.96. The lowest BCUT2D eigenvalue weighted by Crippen LogP contribution is -2.61. The molecule has 6 N–H and O–H groups in total. The van der Waals surface area contributed by atoms with Gasteiger partial charge in [-0.2, -0.15) is 0 Å². The third-order valence-corrected chi connectivity index (χ3v) is 4.59. The molecule has 3 fully saturated rings. The molecular weight excluding hydrogens is 343 g/mol. The van der Waals surface area contributed by atoms with E-state index >= 15 is 0 Å². The van der Waals surface area contributed by atoms with E-state index in [0.29, 0.717) is 0 Å². The molecule has 0 saturated carbocycles. The van der Waals surface area contributed by atoms with E-state index in [-0.39, 0.29) is 6.61 Å². The average Bonchev–Trinajstić information content (AvgIpc) is 2.97. The Labute approximate surface area is 143 Å². The molecule has 0 aromatic heterocycles. The van der Waals surface area contributed by atoms with Gasteiger partial charge < -0.3 is 54.2 Å². The molecule has 0 aromatic carbocycles. The summed E-state index contributed by atoms with van der Waals surface area (Å²) in [6.45, 7) is 0.737. The van der Waals surface area contributed by atoms with Gasteiger partial charge in [0.1, 0.15) is 48.8 Å². The minimum atomic E-state index is -1.57. The van der Waals surface area contributed by atoms with Crippen molar-refractivity contribution in [1.29, 1.82) is 0 Å². The summed E-state index contributed by atoms with van der Waals surface area (Å²) in [6, 6.07) is 0. The molecule has 0 amide bonds. The molecule has 0 bridgehead atoms. The number of aliphatic hydroxyl groups is 6.